The van der Waals surface area contributed by atoms with E-state index in [2.05, 4.69) is 17.3 Å². The molecular weight excluding hydrogens is 314 g/mol. The van der Waals surface area contributed by atoms with Gasteiger partial charge in [0.05, 0.1) is 19.2 Å². The van der Waals surface area contributed by atoms with Crippen LogP contribution in [0.5, 0.6) is 0 Å². The molecule has 1 aliphatic heterocycles. The Labute approximate surface area is 143 Å². The van der Waals surface area contributed by atoms with Crippen LogP contribution in [0.25, 0.3) is 0 Å². The highest BCUT2D eigenvalue weighted by molar-refractivity contribution is 6.32. The lowest BCUT2D eigenvalue weighted by molar-refractivity contribution is -0.127. The van der Waals surface area contributed by atoms with Crippen molar-refractivity contribution < 1.29 is 9.63 Å². The van der Waals surface area contributed by atoms with E-state index in [1.165, 1.54) is 5.06 Å². The van der Waals surface area contributed by atoms with Crippen LogP contribution in [0.15, 0.2) is 18.2 Å². The van der Waals surface area contributed by atoms with E-state index in [-0.39, 0.29) is 18.1 Å². The standard InChI is InChI=1S/C17H26ClN3O2/c1-12-6-5-7-15(16(12)18)13(2)19-17(22)21(23-4)14-8-10-20(3)11-9-14/h5-7,13-14H,8-11H2,1-4H3,(H,19,22). The van der Waals surface area contributed by atoms with Gasteiger partial charge in [0.1, 0.15) is 0 Å². The lowest BCUT2D eigenvalue weighted by Gasteiger charge is -2.35. The Morgan fingerprint density at radius 1 is 1.43 bits per heavy atom. The first-order valence-corrected chi connectivity index (χ1v) is 8.39. The van der Waals surface area contributed by atoms with Crippen LogP contribution in [0.4, 0.5) is 4.79 Å². The SMILES string of the molecule is CON(C(=O)NC(C)c1cccc(C)c1Cl)C1CCN(C)CC1. The summed E-state index contributed by atoms with van der Waals surface area (Å²) in [5.41, 5.74) is 1.92. The minimum Gasteiger partial charge on any atom is -0.330 e. The van der Waals surface area contributed by atoms with E-state index in [0.717, 1.165) is 37.1 Å². The summed E-state index contributed by atoms with van der Waals surface area (Å²) in [6, 6.07) is 5.56. The lowest BCUT2D eigenvalue weighted by atomic mass is 10.0. The first kappa shape index (κ1) is 18.0. The van der Waals surface area contributed by atoms with E-state index in [1.807, 2.05) is 32.0 Å². The van der Waals surface area contributed by atoms with Gasteiger partial charge in [-0.2, -0.15) is 0 Å². The molecule has 0 spiro atoms. The molecule has 1 N–H and O–H groups in total. The van der Waals surface area contributed by atoms with Crippen molar-refractivity contribution in [1.82, 2.24) is 15.3 Å². The van der Waals surface area contributed by atoms with Crippen LogP contribution in [0.1, 0.15) is 36.9 Å². The average molecular weight is 340 g/mol. The number of likely N-dealkylation sites (tertiary alicyclic amines) is 1. The number of piperidine rings is 1. The van der Waals surface area contributed by atoms with E-state index in [1.54, 1.807) is 7.11 Å². The van der Waals surface area contributed by atoms with Crippen LogP contribution in [0.3, 0.4) is 0 Å². The summed E-state index contributed by atoms with van der Waals surface area (Å²) in [7, 11) is 3.64. The van der Waals surface area contributed by atoms with Gasteiger partial charge >= 0.3 is 6.03 Å². The molecule has 1 atom stereocenters. The fourth-order valence-electron chi connectivity index (χ4n) is 2.96. The number of halogens is 1. The molecule has 0 radical (unpaired) electrons. The Morgan fingerprint density at radius 2 is 2.09 bits per heavy atom. The quantitative estimate of drug-likeness (QED) is 0.855. The Kier molecular flexibility index (Phi) is 6.27. The van der Waals surface area contributed by atoms with Crippen LogP contribution >= 0.6 is 11.6 Å². The molecule has 1 unspecified atom stereocenters. The van der Waals surface area contributed by atoms with Gasteiger partial charge in [-0.1, -0.05) is 29.8 Å². The van der Waals surface area contributed by atoms with Crippen LogP contribution in [0.2, 0.25) is 5.02 Å². The molecule has 5 nitrogen and oxygen atoms in total. The van der Waals surface area contributed by atoms with Crippen molar-refractivity contribution in [3.05, 3.63) is 34.3 Å². The van der Waals surface area contributed by atoms with Gasteiger partial charge in [0.2, 0.25) is 0 Å². The number of benzene rings is 1. The number of hydrogen-bond donors (Lipinski definition) is 1. The number of nitrogens with one attached hydrogen (secondary N) is 1. The fourth-order valence-corrected chi connectivity index (χ4v) is 3.25. The van der Waals surface area contributed by atoms with Gasteiger partial charge in [0.15, 0.2) is 0 Å². The summed E-state index contributed by atoms with van der Waals surface area (Å²) in [4.78, 5) is 20.2. The fraction of sp³-hybridized carbons (Fsp3) is 0.588. The molecule has 1 aliphatic rings. The Balaban J connectivity index is 2.02. The van der Waals surface area contributed by atoms with Gasteiger partial charge in [-0.15, -0.1) is 0 Å². The van der Waals surface area contributed by atoms with Gasteiger partial charge in [-0.25, -0.2) is 9.86 Å². The molecule has 1 aromatic rings. The van der Waals surface area contributed by atoms with Crippen molar-refractivity contribution in [2.45, 2.75) is 38.8 Å². The number of rotatable bonds is 4. The molecule has 1 aromatic carbocycles. The average Bonchev–Trinajstić information content (AvgIpc) is 2.52. The molecule has 0 bridgehead atoms. The number of urea groups is 1. The zero-order valence-electron chi connectivity index (χ0n) is 14.3. The predicted octanol–water partition coefficient (Wildman–Crippen LogP) is 3.38. The van der Waals surface area contributed by atoms with E-state index in [0.29, 0.717) is 5.02 Å². The molecule has 2 amide bonds. The zero-order chi connectivity index (χ0) is 17.0. The third kappa shape index (κ3) is 4.37. The molecule has 1 fully saturated rings. The van der Waals surface area contributed by atoms with Gasteiger partial charge in [0.25, 0.3) is 0 Å². The summed E-state index contributed by atoms with van der Waals surface area (Å²) < 4.78 is 0. The van der Waals surface area contributed by atoms with Crippen molar-refractivity contribution in [3.8, 4) is 0 Å². The summed E-state index contributed by atoms with van der Waals surface area (Å²) in [5, 5.41) is 5.15. The van der Waals surface area contributed by atoms with Crippen LogP contribution in [-0.2, 0) is 4.84 Å². The second kappa shape index (κ2) is 7.99. The van der Waals surface area contributed by atoms with Gasteiger partial charge in [0, 0.05) is 5.02 Å². The highest BCUT2D eigenvalue weighted by atomic mass is 35.5. The summed E-state index contributed by atoms with van der Waals surface area (Å²) in [6.45, 7) is 5.83. The molecule has 6 heteroatoms. The summed E-state index contributed by atoms with van der Waals surface area (Å²) in [5.74, 6) is 0. The first-order valence-electron chi connectivity index (χ1n) is 8.01. The van der Waals surface area contributed by atoms with Crippen LogP contribution < -0.4 is 5.32 Å². The van der Waals surface area contributed by atoms with Crippen molar-refractivity contribution in [2.24, 2.45) is 0 Å². The maximum absolute atomic E-state index is 12.6. The van der Waals surface area contributed by atoms with Crippen molar-refractivity contribution in [3.63, 3.8) is 0 Å². The second-order valence-electron chi connectivity index (χ2n) is 6.19. The zero-order valence-corrected chi connectivity index (χ0v) is 15.1. The molecular formula is C17H26ClN3O2. The predicted molar refractivity (Wildman–Crippen MR) is 92.5 cm³/mol. The molecule has 1 saturated heterocycles. The third-order valence-corrected chi connectivity index (χ3v) is 4.96. The van der Waals surface area contributed by atoms with Crippen molar-refractivity contribution in [1.29, 1.82) is 0 Å². The number of nitrogens with zero attached hydrogens (tertiary/aromatic N) is 2. The Morgan fingerprint density at radius 3 is 2.70 bits per heavy atom. The van der Waals surface area contributed by atoms with Crippen molar-refractivity contribution >= 4 is 17.6 Å². The molecule has 23 heavy (non-hydrogen) atoms. The molecule has 0 aliphatic carbocycles. The van der Waals surface area contributed by atoms with Gasteiger partial charge in [-0.3, -0.25) is 4.84 Å². The van der Waals surface area contributed by atoms with E-state index in [4.69, 9.17) is 16.4 Å². The number of hydroxylamine groups is 2. The molecule has 1 heterocycles. The number of amides is 2. The summed E-state index contributed by atoms with van der Waals surface area (Å²) in [6.07, 6.45) is 1.83. The molecule has 128 valence electrons. The second-order valence-corrected chi connectivity index (χ2v) is 6.57. The maximum atomic E-state index is 12.6. The number of hydrogen-bond acceptors (Lipinski definition) is 3. The lowest BCUT2D eigenvalue weighted by Crippen LogP contribution is -2.50. The summed E-state index contributed by atoms with van der Waals surface area (Å²) >= 11 is 6.35. The normalized spacial score (nSPS) is 17.8. The monoisotopic (exact) mass is 339 g/mol. The molecule has 0 aromatic heterocycles. The maximum Gasteiger partial charge on any atom is 0.342 e. The third-order valence-electron chi connectivity index (χ3n) is 4.44. The smallest absolute Gasteiger partial charge is 0.330 e. The minimum absolute atomic E-state index is 0.108. The minimum atomic E-state index is -0.216. The first-order chi connectivity index (χ1) is 10.9. The van der Waals surface area contributed by atoms with Crippen LogP contribution in [0, 0.1) is 6.92 Å². The van der Waals surface area contributed by atoms with Gasteiger partial charge in [-0.05, 0) is 58.0 Å². The number of carbonyl (C=O) groups excluding carboxylic acids is 1. The number of carbonyl (C=O) groups is 1. The van der Waals surface area contributed by atoms with E-state index in [9.17, 15) is 4.79 Å². The topological polar surface area (TPSA) is 44.8 Å². The van der Waals surface area contributed by atoms with E-state index < -0.39 is 0 Å². The Bertz CT molecular complexity index is 545. The molecule has 0 saturated carbocycles. The highest BCUT2D eigenvalue weighted by Crippen LogP contribution is 2.26. The van der Waals surface area contributed by atoms with Crippen LogP contribution in [-0.4, -0.2) is 49.3 Å². The number of aryl methyl sites for hydroxylation is 1. The highest BCUT2D eigenvalue weighted by Gasteiger charge is 2.28. The molecule has 2 rings (SSSR count). The van der Waals surface area contributed by atoms with Crippen molar-refractivity contribution in [2.75, 3.05) is 27.2 Å². The van der Waals surface area contributed by atoms with Gasteiger partial charge < -0.3 is 10.2 Å². The largest absolute Gasteiger partial charge is 0.342 e. The Hall–Kier alpha value is -1.30. The van der Waals surface area contributed by atoms with E-state index >= 15 is 0 Å².